The van der Waals surface area contributed by atoms with Gasteiger partial charge in [-0.2, -0.15) is 0 Å². The highest BCUT2D eigenvalue weighted by Gasteiger charge is 2.12. The zero-order valence-electron chi connectivity index (χ0n) is 9.73. The minimum Gasteiger partial charge on any atom is -0.476 e. The van der Waals surface area contributed by atoms with Crippen LogP contribution in [0.15, 0.2) is 18.3 Å². The third-order valence-electron chi connectivity index (χ3n) is 2.40. The molecule has 0 amide bonds. The Morgan fingerprint density at radius 2 is 2.38 bits per heavy atom. The first-order valence-electron chi connectivity index (χ1n) is 5.60. The molecule has 0 fully saturated rings. The number of rotatable bonds is 6. The Bertz CT molecular complexity index is 353. The van der Waals surface area contributed by atoms with E-state index in [-0.39, 0.29) is 11.7 Å². The lowest BCUT2D eigenvalue weighted by molar-refractivity contribution is 0.0691. The van der Waals surface area contributed by atoms with E-state index in [1.54, 1.807) is 12.1 Å². The number of carbonyl (C=O) groups is 1. The summed E-state index contributed by atoms with van der Waals surface area (Å²) in [5.74, 6) is -0.995. The van der Waals surface area contributed by atoms with Gasteiger partial charge < -0.3 is 10.4 Å². The normalized spacial score (nSPS) is 12.1. The smallest absolute Gasteiger partial charge is 0.356 e. The van der Waals surface area contributed by atoms with Gasteiger partial charge in [-0.15, -0.1) is 0 Å². The Morgan fingerprint density at radius 3 is 3.00 bits per heavy atom. The predicted octanol–water partition coefficient (Wildman–Crippen LogP) is 2.77. The molecule has 0 bridgehead atoms. The molecule has 2 N–H and O–H groups in total. The van der Waals surface area contributed by atoms with Crippen LogP contribution in [0.3, 0.4) is 0 Å². The topological polar surface area (TPSA) is 62.2 Å². The van der Waals surface area contributed by atoms with Crippen molar-refractivity contribution in [2.45, 2.75) is 39.2 Å². The standard InChI is InChI=1S/C12H18N2O2/c1-3-4-6-9(2)14-10-7-5-8-13-11(10)12(15)16/h5,7-9,14H,3-4,6H2,1-2H3,(H,15,16). The highest BCUT2D eigenvalue weighted by molar-refractivity contribution is 5.91. The van der Waals surface area contributed by atoms with E-state index in [9.17, 15) is 4.79 Å². The fourth-order valence-electron chi connectivity index (χ4n) is 1.54. The fraction of sp³-hybridized carbons (Fsp3) is 0.500. The van der Waals surface area contributed by atoms with Crippen LogP contribution in [0.2, 0.25) is 0 Å². The molecule has 1 rings (SSSR count). The van der Waals surface area contributed by atoms with E-state index in [0.29, 0.717) is 5.69 Å². The number of nitrogens with zero attached hydrogens (tertiary/aromatic N) is 1. The van der Waals surface area contributed by atoms with Gasteiger partial charge in [0, 0.05) is 12.2 Å². The second-order valence-corrected chi connectivity index (χ2v) is 3.89. The van der Waals surface area contributed by atoms with Crippen molar-refractivity contribution in [2.24, 2.45) is 0 Å². The number of hydrogen-bond acceptors (Lipinski definition) is 3. The first-order chi connectivity index (χ1) is 7.65. The van der Waals surface area contributed by atoms with E-state index in [0.717, 1.165) is 19.3 Å². The van der Waals surface area contributed by atoms with Gasteiger partial charge >= 0.3 is 5.97 Å². The molecule has 16 heavy (non-hydrogen) atoms. The minimum atomic E-state index is -0.995. The average Bonchev–Trinajstić information content (AvgIpc) is 2.27. The maximum Gasteiger partial charge on any atom is 0.356 e. The largest absolute Gasteiger partial charge is 0.476 e. The minimum absolute atomic E-state index is 0.0887. The lowest BCUT2D eigenvalue weighted by Crippen LogP contribution is -2.17. The average molecular weight is 222 g/mol. The van der Waals surface area contributed by atoms with Crippen LogP contribution >= 0.6 is 0 Å². The van der Waals surface area contributed by atoms with Crippen molar-refractivity contribution >= 4 is 11.7 Å². The first-order valence-corrected chi connectivity index (χ1v) is 5.60. The number of hydrogen-bond donors (Lipinski definition) is 2. The first kappa shape index (κ1) is 12.5. The maximum absolute atomic E-state index is 10.9. The van der Waals surface area contributed by atoms with E-state index in [1.165, 1.54) is 6.20 Å². The molecule has 1 unspecified atom stereocenters. The van der Waals surface area contributed by atoms with Gasteiger partial charge in [0.15, 0.2) is 5.69 Å². The Hall–Kier alpha value is -1.58. The molecule has 0 aromatic carbocycles. The van der Waals surface area contributed by atoms with Crippen LogP contribution < -0.4 is 5.32 Å². The molecule has 88 valence electrons. The lowest BCUT2D eigenvalue weighted by atomic mass is 10.1. The zero-order valence-corrected chi connectivity index (χ0v) is 9.73. The second-order valence-electron chi connectivity index (χ2n) is 3.89. The summed E-state index contributed by atoms with van der Waals surface area (Å²) in [6.45, 7) is 4.19. The molecular formula is C12H18N2O2. The monoisotopic (exact) mass is 222 g/mol. The molecule has 4 nitrogen and oxygen atoms in total. The van der Waals surface area contributed by atoms with E-state index >= 15 is 0 Å². The van der Waals surface area contributed by atoms with Gasteiger partial charge in [-0.25, -0.2) is 9.78 Å². The fourth-order valence-corrected chi connectivity index (χ4v) is 1.54. The SMILES string of the molecule is CCCCC(C)Nc1cccnc1C(=O)O. The molecule has 1 atom stereocenters. The highest BCUT2D eigenvalue weighted by atomic mass is 16.4. The Labute approximate surface area is 95.7 Å². The number of nitrogens with one attached hydrogen (secondary N) is 1. The molecule has 0 aliphatic carbocycles. The number of pyridine rings is 1. The van der Waals surface area contributed by atoms with E-state index < -0.39 is 5.97 Å². The number of aromatic carboxylic acids is 1. The molecule has 0 saturated carbocycles. The number of anilines is 1. The molecule has 0 aliphatic rings. The molecule has 0 saturated heterocycles. The Kier molecular flexibility index (Phi) is 4.76. The summed E-state index contributed by atoms with van der Waals surface area (Å²) in [7, 11) is 0. The number of aromatic nitrogens is 1. The van der Waals surface area contributed by atoms with Crippen molar-refractivity contribution in [3.63, 3.8) is 0 Å². The van der Waals surface area contributed by atoms with Crippen molar-refractivity contribution < 1.29 is 9.90 Å². The van der Waals surface area contributed by atoms with E-state index in [1.807, 2.05) is 6.92 Å². The number of carboxylic acid groups (broad SMARTS) is 1. The summed E-state index contributed by atoms with van der Waals surface area (Å²) in [5, 5.41) is 12.1. The van der Waals surface area contributed by atoms with Gasteiger partial charge in [0.2, 0.25) is 0 Å². The van der Waals surface area contributed by atoms with Crippen LogP contribution in [-0.4, -0.2) is 22.1 Å². The van der Waals surface area contributed by atoms with Gasteiger partial charge in [-0.3, -0.25) is 0 Å². The molecule has 1 aromatic rings. The third-order valence-corrected chi connectivity index (χ3v) is 2.40. The Morgan fingerprint density at radius 1 is 1.62 bits per heavy atom. The van der Waals surface area contributed by atoms with Crippen molar-refractivity contribution in [2.75, 3.05) is 5.32 Å². The van der Waals surface area contributed by atoms with E-state index in [4.69, 9.17) is 5.11 Å². The molecular weight excluding hydrogens is 204 g/mol. The summed E-state index contributed by atoms with van der Waals surface area (Å²) in [4.78, 5) is 14.8. The Balaban J connectivity index is 2.69. The van der Waals surface area contributed by atoms with Crippen molar-refractivity contribution in [1.29, 1.82) is 0 Å². The summed E-state index contributed by atoms with van der Waals surface area (Å²) in [6, 6.07) is 3.75. The van der Waals surface area contributed by atoms with Crippen LogP contribution in [0.5, 0.6) is 0 Å². The van der Waals surface area contributed by atoms with Gasteiger partial charge in [-0.1, -0.05) is 19.8 Å². The molecule has 1 heterocycles. The van der Waals surface area contributed by atoms with Crippen LogP contribution in [0.4, 0.5) is 5.69 Å². The van der Waals surface area contributed by atoms with E-state index in [2.05, 4.69) is 17.2 Å². The van der Waals surface area contributed by atoms with Crippen LogP contribution in [0.1, 0.15) is 43.6 Å². The quantitative estimate of drug-likeness (QED) is 0.777. The highest BCUT2D eigenvalue weighted by Crippen LogP contribution is 2.15. The predicted molar refractivity (Wildman–Crippen MR) is 63.8 cm³/mol. The van der Waals surface area contributed by atoms with Crippen LogP contribution in [-0.2, 0) is 0 Å². The van der Waals surface area contributed by atoms with Crippen molar-refractivity contribution in [3.05, 3.63) is 24.0 Å². The third kappa shape index (κ3) is 3.53. The molecule has 0 aliphatic heterocycles. The van der Waals surface area contributed by atoms with Crippen LogP contribution in [0, 0.1) is 0 Å². The van der Waals surface area contributed by atoms with Crippen molar-refractivity contribution in [1.82, 2.24) is 4.98 Å². The van der Waals surface area contributed by atoms with Gasteiger partial charge in [0.05, 0.1) is 5.69 Å². The molecule has 0 spiro atoms. The molecule has 0 radical (unpaired) electrons. The summed E-state index contributed by atoms with van der Waals surface area (Å²) in [5.41, 5.74) is 0.685. The zero-order chi connectivity index (χ0) is 12.0. The number of carboxylic acids is 1. The van der Waals surface area contributed by atoms with Gasteiger partial charge in [0.25, 0.3) is 0 Å². The van der Waals surface area contributed by atoms with Gasteiger partial charge in [-0.05, 0) is 25.5 Å². The lowest BCUT2D eigenvalue weighted by Gasteiger charge is -2.15. The number of unbranched alkanes of at least 4 members (excludes halogenated alkanes) is 1. The summed E-state index contributed by atoms with van der Waals surface area (Å²) < 4.78 is 0. The summed E-state index contributed by atoms with van der Waals surface area (Å²) in [6.07, 6.45) is 4.80. The van der Waals surface area contributed by atoms with Crippen molar-refractivity contribution in [3.8, 4) is 0 Å². The van der Waals surface area contributed by atoms with Crippen LogP contribution in [0.25, 0.3) is 0 Å². The summed E-state index contributed by atoms with van der Waals surface area (Å²) >= 11 is 0. The molecule has 1 aromatic heterocycles. The van der Waals surface area contributed by atoms with Gasteiger partial charge in [0.1, 0.15) is 0 Å². The maximum atomic E-state index is 10.9. The second kappa shape index (κ2) is 6.10. The molecule has 4 heteroatoms.